The average molecular weight is 631 g/mol. The highest BCUT2D eigenvalue weighted by atomic mass is 31.1. The molecule has 46 heavy (non-hydrogen) atoms. The van der Waals surface area contributed by atoms with Gasteiger partial charge in [0.25, 0.3) is 0 Å². The maximum Gasteiger partial charge on any atom is -0.00694 e. The molecule has 2 aliphatic carbocycles. The topological polar surface area (TPSA) is 0 Å². The summed E-state index contributed by atoms with van der Waals surface area (Å²) in [6, 6.07) is 55.8. The molecule has 0 saturated carbocycles. The minimum atomic E-state index is -0.750. The van der Waals surface area contributed by atoms with Crippen molar-refractivity contribution < 1.29 is 0 Å². The zero-order valence-corrected chi connectivity index (χ0v) is 28.2. The lowest BCUT2D eigenvalue weighted by molar-refractivity contribution is 0.685. The van der Waals surface area contributed by atoms with Gasteiger partial charge in [0.15, 0.2) is 0 Å². The van der Waals surface area contributed by atoms with Gasteiger partial charge in [0.1, 0.15) is 0 Å². The van der Waals surface area contributed by atoms with Gasteiger partial charge in [-0.15, -0.1) is 0 Å². The van der Waals surface area contributed by atoms with Crippen LogP contribution in [-0.2, 0) is 25.7 Å². The molecule has 226 valence electrons. The molecule has 0 aromatic heterocycles. The molecule has 0 spiro atoms. The molecular formula is C44H40P2. The Balaban J connectivity index is 1.44. The van der Waals surface area contributed by atoms with E-state index in [1.165, 1.54) is 94.3 Å². The van der Waals surface area contributed by atoms with E-state index in [2.05, 4.69) is 146 Å². The maximum absolute atomic E-state index is 2.64. The van der Waals surface area contributed by atoms with Gasteiger partial charge in [-0.3, -0.25) is 0 Å². The Morgan fingerprint density at radius 2 is 0.565 bits per heavy atom. The van der Waals surface area contributed by atoms with Crippen molar-refractivity contribution in [3.63, 3.8) is 0 Å². The van der Waals surface area contributed by atoms with Crippen LogP contribution in [0.3, 0.4) is 0 Å². The highest BCUT2D eigenvalue weighted by Crippen LogP contribution is 2.44. The molecule has 6 aromatic rings. The first kappa shape index (κ1) is 29.6. The quantitative estimate of drug-likeness (QED) is 0.155. The Morgan fingerprint density at radius 3 is 0.848 bits per heavy atom. The fraction of sp³-hybridized carbons (Fsp3) is 0.182. The minimum Gasteiger partial charge on any atom is -0.0622 e. The summed E-state index contributed by atoms with van der Waals surface area (Å²) in [5, 5.41) is 8.73. The summed E-state index contributed by atoms with van der Waals surface area (Å²) in [7, 11) is -1.50. The van der Waals surface area contributed by atoms with Gasteiger partial charge in [-0.05, 0) is 145 Å². The van der Waals surface area contributed by atoms with Crippen LogP contribution >= 0.6 is 15.8 Å². The Labute approximate surface area is 277 Å². The van der Waals surface area contributed by atoms with Crippen LogP contribution in [0.4, 0.5) is 0 Å². The second kappa shape index (κ2) is 13.5. The van der Waals surface area contributed by atoms with Gasteiger partial charge in [0.05, 0.1) is 0 Å². The zero-order valence-electron chi connectivity index (χ0n) is 26.4. The van der Waals surface area contributed by atoms with Gasteiger partial charge < -0.3 is 0 Å². The molecule has 0 nitrogen and oxygen atoms in total. The lowest BCUT2D eigenvalue weighted by Gasteiger charge is -2.30. The Bertz CT molecular complexity index is 1710. The fourth-order valence-electron chi connectivity index (χ4n) is 7.51. The molecule has 0 saturated heterocycles. The van der Waals surface area contributed by atoms with Gasteiger partial charge in [-0.1, -0.05) is 133 Å². The number of rotatable bonds is 7. The third-order valence-corrected chi connectivity index (χ3v) is 14.7. The van der Waals surface area contributed by atoms with Crippen molar-refractivity contribution in [2.75, 3.05) is 0 Å². The van der Waals surface area contributed by atoms with Crippen molar-refractivity contribution in [2.24, 2.45) is 0 Å². The molecular weight excluding hydrogens is 590 g/mol. The Hall–Kier alpha value is -3.82. The lowest BCUT2D eigenvalue weighted by atomic mass is 9.86. The molecule has 0 N–H and O–H groups in total. The first-order valence-electron chi connectivity index (χ1n) is 17.0. The predicted octanol–water partition coefficient (Wildman–Crippen LogP) is 8.63. The molecule has 6 aromatic carbocycles. The number of fused-ring (bicyclic) bond motifs is 2. The van der Waals surface area contributed by atoms with Gasteiger partial charge in [0, 0.05) is 0 Å². The normalized spacial score (nSPS) is 14.2. The van der Waals surface area contributed by atoms with Crippen molar-refractivity contribution in [2.45, 2.75) is 51.4 Å². The largest absolute Gasteiger partial charge is 0.0622 e. The molecule has 0 aliphatic heterocycles. The third kappa shape index (κ3) is 5.91. The first-order valence-corrected chi connectivity index (χ1v) is 19.6. The molecule has 0 radical (unpaired) electrons. The van der Waals surface area contributed by atoms with Crippen molar-refractivity contribution >= 4 is 47.7 Å². The van der Waals surface area contributed by atoms with Gasteiger partial charge in [0.2, 0.25) is 0 Å². The molecule has 2 aliphatic rings. The van der Waals surface area contributed by atoms with Crippen molar-refractivity contribution in [1.82, 2.24) is 0 Å². The summed E-state index contributed by atoms with van der Waals surface area (Å²) in [5.41, 5.74) is 9.18. The summed E-state index contributed by atoms with van der Waals surface area (Å²) < 4.78 is 0. The van der Waals surface area contributed by atoms with Crippen LogP contribution in [0.2, 0.25) is 0 Å². The molecule has 0 amide bonds. The standard InChI is InChI=1S/C44H40P2/c1-5-21-37(22-6-1)45(38-23-7-2-8-24-38)43-31-35-19-15-13-17-33(35)29-41(43)42-30-34-18-14-16-20-36(34)32-44(42)46(39-25-9-3-10-26-39)40-27-11-4-12-28-40/h1-12,21-32H,13-20H2. The zero-order chi connectivity index (χ0) is 30.7. The van der Waals surface area contributed by atoms with Crippen molar-refractivity contribution in [1.29, 1.82) is 0 Å². The van der Waals surface area contributed by atoms with Crippen LogP contribution in [-0.4, -0.2) is 0 Å². The van der Waals surface area contributed by atoms with Crippen molar-refractivity contribution in [3.05, 3.63) is 168 Å². The summed E-state index contributed by atoms with van der Waals surface area (Å²) >= 11 is 0. The van der Waals surface area contributed by atoms with Crippen LogP contribution in [0.5, 0.6) is 0 Å². The van der Waals surface area contributed by atoms with E-state index in [1.807, 2.05) is 0 Å². The van der Waals surface area contributed by atoms with E-state index >= 15 is 0 Å². The third-order valence-electron chi connectivity index (χ3n) is 9.75. The number of benzene rings is 6. The number of hydrogen-bond donors (Lipinski definition) is 0. The molecule has 2 heteroatoms. The van der Waals surface area contributed by atoms with Crippen LogP contribution in [0.15, 0.2) is 146 Å². The summed E-state index contributed by atoms with van der Waals surface area (Å²) in [6.07, 6.45) is 9.90. The molecule has 0 heterocycles. The Morgan fingerprint density at radius 1 is 0.304 bits per heavy atom. The molecule has 0 atom stereocenters. The maximum atomic E-state index is 2.64. The number of aryl methyl sites for hydroxylation is 4. The van der Waals surface area contributed by atoms with Crippen LogP contribution in [0.25, 0.3) is 11.1 Å². The van der Waals surface area contributed by atoms with E-state index in [1.54, 1.807) is 22.3 Å². The predicted molar refractivity (Wildman–Crippen MR) is 203 cm³/mol. The first-order chi connectivity index (χ1) is 22.8. The highest BCUT2D eigenvalue weighted by Gasteiger charge is 2.28. The number of hydrogen-bond acceptors (Lipinski definition) is 0. The SMILES string of the molecule is c1ccc(P(c2ccccc2)c2cc3c(cc2-c2cc4c(cc2P(c2ccccc2)c2ccccc2)CCCC4)CCCC3)cc1. The van der Waals surface area contributed by atoms with Crippen LogP contribution in [0, 0.1) is 0 Å². The summed E-state index contributed by atoms with van der Waals surface area (Å²) in [5.74, 6) is 0. The van der Waals surface area contributed by atoms with E-state index in [0.29, 0.717) is 0 Å². The highest BCUT2D eigenvalue weighted by molar-refractivity contribution is 7.80. The monoisotopic (exact) mass is 630 g/mol. The Kier molecular flexibility index (Phi) is 8.68. The van der Waals surface area contributed by atoms with E-state index in [-0.39, 0.29) is 0 Å². The second-order valence-electron chi connectivity index (χ2n) is 12.7. The van der Waals surface area contributed by atoms with E-state index in [9.17, 15) is 0 Å². The second-order valence-corrected chi connectivity index (χ2v) is 17.1. The van der Waals surface area contributed by atoms with Gasteiger partial charge >= 0.3 is 0 Å². The van der Waals surface area contributed by atoms with E-state index in [0.717, 1.165) is 0 Å². The average Bonchev–Trinajstić information content (AvgIpc) is 3.13. The lowest BCUT2D eigenvalue weighted by Crippen LogP contribution is -2.27. The van der Waals surface area contributed by atoms with E-state index < -0.39 is 15.8 Å². The fourth-order valence-corrected chi connectivity index (χ4v) is 12.5. The van der Waals surface area contributed by atoms with Gasteiger partial charge in [-0.25, -0.2) is 0 Å². The molecule has 0 bridgehead atoms. The molecule has 0 fully saturated rings. The van der Waals surface area contributed by atoms with Gasteiger partial charge in [-0.2, -0.15) is 0 Å². The molecule has 0 unspecified atom stereocenters. The minimum absolute atomic E-state index is 0.750. The van der Waals surface area contributed by atoms with E-state index in [4.69, 9.17) is 0 Å². The summed E-state index contributed by atoms with van der Waals surface area (Å²) in [4.78, 5) is 0. The van der Waals surface area contributed by atoms with Crippen molar-refractivity contribution in [3.8, 4) is 11.1 Å². The molecule has 8 rings (SSSR count). The summed E-state index contributed by atoms with van der Waals surface area (Å²) in [6.45, 7) is 0. The van der Waals surface area contributed by atoms with Crippen LogP contribution < -0.4 is 31.8 Å². The smallest absolute Gasteiger partial charge is 0.00694 e. The van der Waals surface area contributed by atoms with Crippen LogP contribution in [0.1, 0.15) is 47.9 Å².